The SMILES string of the molecule is CCC(C)(C)N(C)C1(CN)CCN(C(C)C)C1. The summed E-state index contributed by atoms with van der Waals surface area (Å²) in [6.45, 7) is 14.5. The zero-order valence-corrected chi connectivity index (χ0v) is 12.6. The van der Waals surface area contributed by atoms with Gasteiger partial charge in [0, 0.05) is 36.8 Å². The number of hydrogen-bond acceptors (Lipinski definition) is 3. The molecule has 1 atom stereocenters. The number of nitrogens with two attached hydrogens (primary N) is 1. The molecule has 0 spiro atoms. The van der Waals surface area contributed by atoms with Crippen molar-refractivity contribution < 1.29 is 0 Å². The van der Waals surface area contributed by atoms with Gasteiger partial charge >= 0.3 is 0 Å². The van der Waals surface area contributed by atoms with E-state index in [1.54, 1.807) is 0 Å². The molecule has 1 aliphatic heterocycles. The van der Waals surface area contributed by atoms with Crippen LogP contribution < -0.4 is 5.73 Å². The summed E-state index contributed by atoms with van der Waals surface area (Å²) in [6.07, 6.45) is 2.36. The van der Waals surface area contributed by atoms with Crippen LogP contribution in [0.3, 0.4) is 0 Å². The standard InChI is InChI=1S/C14H31N3/c1-7-13(4,5)16(6)14(10-15)8-9-17(11-14)12(2)3/h12H,7-11,15H2,1-6H3. The minimum Gasteiger partial charge on any atom is -0.329 e. The zero-order valence-electron chi connectivity index (χ0n) is 12.6. The Labute approximate surface area is 107 Å². The molecule has 0 radical (unpaired) electrons. The minimum absolute atomic E-state index is 0.170. The van der Waals surface area contributed by atoms with Crippen molar-refractivity contribution in [2.75, 3.05) is 26.7 Å². The first-order valence-electron chi connectivity index (χ1n) is 6.97. The quantitative estimate of drug-likeness (QED) is 0.798. The van der Waals surface area contributed by atoms with E-state index < -0.39 is 0 Å². The highest BCUT2D eigenvalue weighted by Crippen LogP contribution is 2.33. The highest BCUT2D eigenvalue weighted by atomic mass is 15.3. The van der Waals surface area contributed by atoms with E-state index in [0.717, 1.165) is 19.5 Å². The van der Waals surface area contributed by atoms with E-state index in [0.29, 0.717) is 6.04 Å². The van der Waals surface area contributed by atoms with E-state index in [2.05, 4.69) is 51.5 Å². The lowest BCUT2D eigenvalue weighted by Crippen LogP contribution is -2.61. The number of likely N-dealkylation sites (N-methyl/N-ethyl adjacent to an activating group) is 1. The van der Waals surface area contributed by atoms with Crippen molar-refractivity contribution in [2.45, 2.75) is 64.6 Å². The Kier molecular flexibility index (Phi) is 4.61. The summed E-state index contributed by atoms with van der Waals surface area (Å²) in [5.41, 5.74) is 6.51. The van der Waals surface area contributed by atoms with Gasteiger partial charge in [0.25, 0.3) is 0 Å². The Balaban J connectivity index is 2.84. The van der Waals surface area contributed by atoms with Gasteiger partial charge in [0.2, 0.25) is 0 Å². The van der Waals surface area contributed by atoms with E-state index in [1.807, 2.05) is 0 Å². The van der Waals surface area contributed by atoms with Crippen LogP contribution in [-0.2, 0) is 0 Å². The van der Waals surface area contributed by atoms with Gasteiger partial charge in [-0.15, -0.1) is 0 Å². The summed E-state index contributed by atoms with van der Waals surface area (Å²) in [5.74, 6) is 0. The molecule has 1 unspecified atom stereocenters. The van der Waals surface area contributed by atoms with Crippen molar-refractivity contribution in [2.24, 2.45) is 5.73 Å². The summed E-state index contributed by atoms with van der Waals surface area (Å²) in [7, 11) is 2.25. The maximum atomic E-state index is 6.12. The predicted molar refractivity (Wildman–Crippen MR) is 75.2 cm³/mol. The first-order chi connectivity index (χ1) is 7.79. The molecule has 0 aliphatic carbocycles. The van der Waals surface area contributed by atoms with Gasteiger partial charge in [-0.1, -0.05) is 6.92 Å². The van der Waals surface area contributed by atoms with Gasteiger partial charge in [-0.05, 0) is 47.6 Å². The summed E-state index contributed by atoms with van der Waals surface area (Å²) < 4.78 is 0. The Hall–Kier alpha value is -0.120. The van der Waals surface area contributed by atoms with Crippen molar-refractivity contribution in [1.29, 1.82) is 0 Å². The third-order valence-corrected chi connectivity index (χ3v) is 4.96. The molecular formula is C14H31N3. The second kappa shape index (κ2) is 5.25. The van der Waals surface area contributed by atoms with Gasteiger partial charge in [0.05, 0.1) is 0 Å². The van der Waals surface area contributed by atoms with Crippen molar-refractivity contribution in [3.63, 3.8) is 0 Å². The van der Waals surface area contributed by atoms with Crippen LogP contribution in [0.4, 0.5) is 0 Å². The molecule has 1 rings (SSSR count). The monoisotopic (exact) mass is 241 g/mol. The van der Waals surface area contributed by atoms with E-state index in [1.165, 1.54) is 13.0 Å². The molecule has 0 bridgehead atoms. The van der Waals surface area contributed by atoms with Gasteiger partial charge in [0.1, 0.15) is 0 Å². The Bertz CT molecular complexity index is 250. The molecule has 0 amide bonds. The average Bonchev–Trinajstić information content (AvgIpc) is 2.73. The number of rotatable bonds is 5. The highest BCUT2D eigenvalue weighted by molar-refractivity contribution is 5.03. The smallest absolute Gasteiger partial charge is 0.0472 e. The van der Waals surface area contributed by atoms with E-state index >= 15 is 0 Å². The normalized spacial score (nSPS) is 27.4. The van der Waals surface area contributed by atoms with Crippen LogP contribution in [0.25, 0.3) is 0 Å². The lowest BCUT2D eigenvalue weighted by Gasteiger charge is -2.47. The van der Waals surface area contributed by atoms with Crippen LogP contribution in [0.2, 0.25) is 0 Å². The molecule has 1 saturated heterocycles. The molecule has 1 aliphatic rings. The summed E-state index contributed by atoms with van der Waals surface area (Å²) in [6, 6.07) is 0.626. The Morgan fingerprint density at radius 1 is 1.41 bits per heavy atom. The zero-order chi connectivity index (χ0) is 13.3. The molecule has 1 heterocycles. The van der Waals surface area contributed by atoms with E-state index in [4.69, 9.17) is 5.73 Å². The van der Waals surface area contributed by atoms with Gasteiger partial charge in [0.15, 0.2) is 0 Å². The number of likely N-dealkylation sites (tertiary alicyclic amines) is 1. The fourth-order valence-corrected chi connectivity index (χ4v) is 2.79. The molecule has 1 fully saturated rings. The Morgan fingerprint density at radius 3 is 2.35 bits per heavy atom. The van der Waals surface area contributed by atoms with Crippen molar-refractivity contribution in [3.05, 3.63) is 0 Å². The van der Waals surface area contributed by atoms with Crippen LogP contribution in [0, 0.1) is 0 Å². The fourth-order valence-electron chi connectivity index (χ4n) is 2.79. The second-order valence-electron chi connectivity index (χ2n) is 6.47. The molecule has 0 aromatic heterocycles. The first kappa shape index (κ1) is 14.9. The molecular weight excluding hydrogens is 210 g/mol. The van der Waals surface area contributed by atoms with Crippen molar-refractivity contribution in [1.82, 2.24) is 9.80 Å². The molecule has 2 N–H and O–H groups in total. The lowest BCUT2D eigenvalue weighted by molar-refractivity contribution is 0.0270. The van der Waals surface area contributed by atoms with Crippen LogP contribution in [0.1, 0.15) is 47.5 Å². The van der Waals surface area contributed by atoms with Gasteiger partial charge in [-0.2, -0.15) is 0 Å². The van der Waals surface area contributed by atoms with Crippen molar-refractivity contribution in [3.8, 4) is 0 Å². The fraction of sp³-hybridized carbons (Fsp3) is 1.00. The minimum atomic E-state index is 0.170. The van der Waals surface area contributed by atoms with Crippen LogP contribution in [0.5, 0.6) is 0 Å². The third-order valence-electron chi connectivity index (χ3n) is 4.96. The largest absolute Gasteiger partial charge is 0.329 e. The summed E-state index contributed by atoms with van der Waals surface area (Å²) in [4.78, 5) is 5.08. The maximum absolute atomic E-state index is 6.12. The average molecular weight is 241 g/mol. The number of hydrogen-bond donors (Lipinski definition) is 1. The highest BCUT2D eigenvalue weighted by Gasteiger charge is 2.45. The maximum Gasteiger partial charge on any atom is 0.0472 e. The first-order valence-corrected chi connectivity index (χ1v) is 6.97. The molecule has 0 aromatic carbocycles. The van der Waals surface area contributed by atoms with Crippen LogP contribution in [-0.4, -0.2) is 53.6 Å². The second-order valence-corrected chi connectivity index (χ2v) is 6.47. The topological polar surface area (TPSA) is 32.5 Å². The van der Waals surface area contributed by atoms with Gasteiger partial charge in [-0.25, -0.2) is 0 Å². The van der Waals surface area contributed by atoms with Gasteiger partial charge < -0.3 is 5.73 Å². The molecule has 0 aromatic rings. The molecule has 0 saturated carbocycles. The van der Waals surface area contributed by atoms with Crippen molar-refractivity contribution >= 4 is 0 Å². The lowest BCUT2D eigenvalue weighted by atomic mass is 9.88. The van der Waals surface area contributed by atoms with Crippen LogP contribution >= 0.6 is 0 Å². The van der Waals surface area contributed by atoms with Gasteiger partial charge in [-0.3, -0.25) is 9.80 Å². The Morgan fingerprint density at radius 2 is 2.00 bits per heavy atom. The summed E-state index contributed by atoms with van der Waals surface area (Å²) >= 11 is 0. The molecule has 3 heteroatoms. The predicted octanol–water partition coefficient (Wildman–Crippen LogP) is 1.92. The molecule has 102 valence electrons. The van der Waals surface area contributed by atoms with Crippen LogP contribution in [0.15, 0.2) is 0 Å². The third kappa shape index (κ3) is 2.83. The van der Waals surface area contributed by atoms with E-state index in [9.17, 15) is 0 Å². The summed E-state index contributed by atoms with van der Waals surface area (Å²) in [5, 5.41) is 0. The molecule has 17 heavy (non-hydrogen) atoms. The van der Waals surface area contributed by atoms with E-state index in [-0.39, 0.29) is 11.1 Å². The number of nitrogens with zero attached hydrogens (tertiary/aromatic N) is 2. The molecule has 3 nitrogen and oxygen atoms in total.